The van der Waals surface area contributed by atoms with Gasteiger partial charge in [-0.15, -0.1) is 0 Å². The minimum atomic E-state index is -1.88. The number of halogens is 2. The molecule has 0 bridgehead atoms. The van der Waals surface area contributed by atoms with E-state index >= 15 is 0 Å². The van der Waals surface area contributed by atoms with Gasteiger partial charge in [0.2, 0.25) is 11.7 Å². The Morgan fingerprint density at radius 2 is 1.17 bits per heavy atom. The van der Waals surface area contributed by atoms with Crippen LogP contribution < -0.4 is 0 Å². The van der Waals surface area contributed by atoms with Crippen LogP contribution in [-0.2, 0) is 9.59 Å². The molecule has 0 fully saturated rings. The molecule has 6 heteroatoms. The second-order valence-corrected chi connectivity index (χ2v) is 1.64. The standard InChI is InChI=1S/C6H4F2O4/c7-3(5(9)10)1-2-4(8)6(11)12/h1-2H,(H,9,10)(H,11,12)/b3-1-,4-2-. The molecule has 0 aromatic rings. The second kappa shape index (κ2) is 4.22. The van der Waals surface area contributed by atoms with Gasteiger partial charge in [0, 0.05) is 0 Å². The van der Waals surface area contributed by atoms with Crippen LogP contribution in [0.4, 0.5) is 8.78 Å². The Bertz CT molecular complexity index is 239. The fraction of sp³-hybridized carbons (Fsp3) is 0. The number of allylic oxidation sites excluding steroid dienone is 2. The van der Waals surface area contributed by atoms with E-state index in [1.165, 1.54) is 0 Å². The molecule has 4 nitrogen and oxygen atoms in total. The lowest BCUT2D eigenvalue weighted by Crippen LogP contribution is -1.96. The Morgan fingerprint density at radius 1 is 0.917 bits per heavy atom. The molecule has 0 radical (unpaired) electrons. The minimum absolute atomic E-state index is 0.214. The van der Waals surface area contributed by atoms with E-state index in [0.717, 1.165) is 0 Å². The number of aliphatic carboxylic acids is 2. The van der Waals surface area contributed by atoms with E-state index in [2.05, 4.69) is 0 Å². The van der Waals surface area contributed by atoms with E-state index in [1.54, 1.807) is 0 Å². The lowest BCUT2D eigenvalue weighted by Gasteiger charge is -1.85. The Morgan fingerprint density at radius 3 is 1.33 bits per heavy atom. The number of carboxylic acids is 2. The Kier molecular flexibility index (Phi) is 3.61. The smallest absolute Gasteiger partial charge is 0.364 e. The molecule has 0 saturated carbocycles. The average Bonchev–Trinajstić information content (AvgIpc) is 1.98. The van der Waals surface area contributed by atoms with Gasteiger partial charge in [-0.2, -0.15) is 8.78 Å². The zero-order chi connectivity index (χ0) is 9.72. The van der Waals surface area contributed by atoms with Crippen molar-refractivity contribution in [1.29, 1.82) is 0 Å². The highest BCUT2D eigenvalue weighted by Gasteiger charge is 2.06. The molecule has 0 heterocycles. The predicted molar refractivity (Wildman–Crippen MR) is 33.7 cm³/mol. The van der Waals surface area contributed by atoms with Gasteiger partial charge in [-0.05, 0) is 12.2 Å². The third kappa shape index (κ3) is 3.45. The van der Waals surface area contributed by atoms with E-state index in [9.17, 15) is 18.4 Å². The number of rotatable bonds is 3. The third-order valence-corrected chi connectivity index (χ3v) is 0.785. The SMILES string of the molecule is O=C(O)/C(F)=C/C=C(\F)C(=O)O. The molecule has 0 spiro atoms. The van der Waals surface area contributed by atoms with Crippen LogP contribution in [0.2, 0.25) is 0 Å². The van der Waals surface area contributed by atoms with E-state index in [1.807, 2.05) is 0 Å². The van der Waals surface area contributed by atoms with Crippen molar-refractivity contribution in [2.45, 2.75) is 0 Å². The lowest BCUT2D eigenvalue weighted by atomic mass is 10.4. The molecule has 0 aliphatic rings. The summed E-state index contributed by atoms with van der Waals surface area (Å²) < 4.78 is 24.0. The van der Waals surface area contributed by atoms with Crippen LogP contribution >= 0.6 is 0 Å². The number of hydrogen-bond donors (Lipinski definition) is 2. The Labute approximate surface area is 65.4 Å². The van der Waals surface area contributed by atoms with Crippen molar-refractivity contribution < 1.29 is 28.6 Å². The van der Waals surface area contributed by atoms with E-state index in [0.29, 0.717) is 0 Å². The summed E-state index contributed by atoms with van der Waals surface area (Å²) >= 11 is 0. The van der Waals surface area contributed by atoms with Crippen LogP contribution in [0, 0.1) is 0 Å². The maximum Gasteiger partial charge on any atom is 0.364 e. The predicted octanol–water partition coefficient (Wildman–Crippen LogP) is 0.862. The van der Waals surface area contributed by atoms with Crippen molar-refractivity contribution in [2.24, 2.45) is 0 Å². The van der Waals surface area contributed by atoms with Gasteiger partial charge in [0.15, 0.2) is 0 Å². The van der Waals surface area contributed by atoms with Crippen LogP contribution in [0.25, 0.3) is 0 Å². The lowest BCUT2D eigenvalue weighted by molar-refractivity contribution is -0.135. The second-order valence-electron chi connectivity index (χ2n) is 1.64. The van der Waals surface area contributed by atoms with Crippen molar-refractivity contribution in [3.05, 3.63) is 23.8 Å². The molecular formula is C6H4F2O4. The van der Waals surface area contributed by atoms with Crippen LogP contribution in [0.3, 0.4) is 0 Å². The molecule has 0 aromatic carbocycles. The molecule has 66 valence electrons. The highest BCUT2D eigenvalue weighted by atomic mass is 19.1. The van der Waals surface area contributed by atoms with E-state index < -0.39 is 23.6 Å². The van der Waals surface area contributed by atoms with E-state index in [4.69, 9.17) is 10.2 Å². The summed E-state index contributed by atoms with van der Waals surface area (Å²) in [6.45, 7) is 0. The molecule has 0 saturated heterocycles. The van der Waals surface area contributed by atoms with Gasteiger partial charge in [0.25, 0.3) is 0 Å². The van der Waals surface area contributed by atoms with Gasteiger partial charge in [-0.1, -0.05) is 0 Å². The molecule has 0 amide bonds. The molecule has 0 aromatic heterocycles. The molecule has 0 rings (SSSR count). The summed E-state index contributed by atoms with van der Waals surface area (Å²) in [5, 5.41) is 15.8. The Hall–Kier alpha value is -1.72. The maximum absolute atomic E-state index is 12.0. The van der Waals surface area contributed by atoms with Crippen LogP contribution in [0.5, 0.6) is 0 Å². The zero-order valence-corrected chi connectivity index (χ0v) is 5.62. The summed E-state index contributed by atoms with van der Waals surface area (Å²) in [5.74, 6) is -7.04. The van der Waals surface area contributed by atoms with Crippen molar-refractivity contribution in [2.75, 3.05) is 0 Å². The summed E-state index contributed by atoms with van der Waals surface area (Å²) in [7, 11) is 0. The highest BCUT2D eigenvalue weighted by molar-refractivity contribution is 5.86. The van der Waals surface area contributed by atoms with Crippen molar-refractivity contribution in [1.82, 2.24) is 0 Å². The summed E-state index contributed by atoms with van der Waals surface area (Å²) in [6, 6.07) is 0. The van der Waals surface area contributed by atoms with Crippen LogP contribution in [0.15, 0.2) is 23.8 Å². The first-order valence-electron chi connectivity index (χ1n) is 2.64. The monoisotopic (exact) mass is 178 g/mol. The molecule has 0 aliphatic carbocycles. The molecule has 12 heavy (non-hydrogen) atoms. The van der Waals surface area contributed by atoms with Gasteiger partial charge < -0.3 is 10.2 Å². The van der Waals surface area contributed by atoms with Gasteiger partial charge in [0.05, 0.1) is 0 Å². The molecule has 0 aliphatic heterocycles. The molecule has 0 atom stereocenters. The largest absolute Gasteiger partial charge is 0.476 e. The van der Waals surface area contributed by atoms with Crippen LogP contribution in [-0.4, -0.2) is 22.2 Å². The van der Waals surface area contributed by atoms with Crippen molar-refractivity contribution >= 4 is 11.9 Å². The number of carboxylic acid groups (broad SMARTS) is 2. The van der Waals surface area contributed by atoms with Gasteiger partial charge in [0.1, 0.15) is 0 Å². The fourth-order valence-corrected chi connectivity index (χ4v) is 0.289. The minimum Gasteiger partial charge on any atom is -0.476 e. The maximum atomic E-state index is 12.0. The quantitative estimate of drug-likeness (QED) is 0.496. The van der Waals surface area contributed by atoms with Crippen LogP contribution in [0.1, 0.15) is 0 Å². The summed E-state index contributed by atoms with van der Waals surface area (Å²) in [6.07, 6.45) is 0.428. The van der Waals surface area contributed by atoms with Gasteiger partial charge in [-0.3, -0.25) is 0 Å². The number of carbonyl (C=O) groups is 2. The summed E-state index contributed by atoms with van der Waals surface area (Å²) in [5.41, 5.74) is 0. The fourth-order valence-electron chi connectivity index (χ4n) is 0.289. The number of hydrogen-bond acceptors (Lipinski definition) is 2. The normalized spacial score (nSPS) is 12.8. The first kappa shape index (κ1) is 10.3. The molecule has 0 unspecified atom stereocenters. The first-order chi connectivity index (χ1) is 5.45. The first-order valence-corrected chi connectivity index (χ1v) is 2.64. The van der Waals surface area contributed by atoms with Gasteiger partial charge >= 0.3 is 11.9 Å². The average molecular weight is 178 g/mol. The molecule has 2 N–H and O–H groups in total. The topological polar surface area (TPSA) is 74.6 Å². The third-order valence-electron chi connectivity index (χ3n) is 0.785. The van der Waals surface area contributed by atoms with Crippen molar-refractivity contribution in [3.8, 4) is 0 Å². The Balaban J connectivity index is 4.48. The van der Waals surface area contributed by atoms with Crippen molar-refractivity contribution in [3.63, 3.8) is 0 Å². The van der Waals surface area contributed by atoms with Gasteiger partial charge in [-0.25, -0.2) is 9.59 Å². The zero-order valence-electron chi connectivity index (χ0n) is 5.62. The summed E-state index contributed by atoms with van der Waals surface area (Å²) in [4.78, 5) is 19.5. The highest BCUT2D eigenvalue weighted by Crippen LogP contribution is 2.01. The van der Waals surface area contributed by atoms with E-state index in [-0.39, 0.29) is 12.2 Å². The molecular weight excluding hydrogens is 174 g/mol.